The molecule has 5 nitrogen and oxygen atoms in total. The fourth-order valence-corrected chi connectivity index (χ4v) is 3.29. The summed E-state index contributed by atoms with van der Waals surface area (Å²) in [5.74, 6) is 0.915. The number of amides is 1. The van der Waals surface area contributed by atoms with Gasteiger partial charge in [-0.2, -0.15) is 0 Å². The molecule has 28 heavy (non-hydrogen) atoms. The molecule has 0 bridgehead atoms. The number of carbonyl (C=O) groups is 1. The first-order valence-corrected chi connectivity index (χ1v) is 9.96. The second-order valence-corrected chi connectivity index (χ2v) is 7.52. The fraction of sp³-hybridized carbons (Fsp3) is 0.435. The number of benzene rings is 2. The Labute approximate surface area is 167 Å². The maximum atomic E-state index is 12.2. The summed E-state index contributed by atoms with van der Waals surface area (Å²) in [5, 5.41) is 6.38. The van der Waals surface area contributed by atoms with Crippen molar-refractivity contribution < 1.29 is 14.3 Å². The molecule has 2 N–H and O–H groups in total. The molecule has 150 valence electrons. The standard InChI is InChI=1S/C23H30N2O3/c1-17-3-5-20(6-4-17)15-28-22-9-7-19(8-10-22)13-18(2)25-23(26)14-21-16-27-12-11-24-21/h3-10,18,21,24H,11-16H2,1-2H3,(H,25,26). The molecule has 1 heterocycles. The van der Waals surface area contributed by atoms with Gasteiger partial charge in [-0.25, -0.2) is 0 Å². The number of hydrogen-bond acceptors (Lipinski definition) is 4. The number of ether oxygens (including phenoxy) is 2. The van der Waals surface area contributed by atoms with Crippen molar-refractivity contribution in [3.05, 3.63) is 65.2 Å². The van der Waals surface area contributed by atoms with Crippen LogP contribution in [0.3, 0.4) is 0 Å². The number of aryl methyl sites for hydroxylation is 1. The zero-order chi connectivity index (χ0) is 19.8. The van der Waals surface area contributed by atoms with E-state index in [0.717, 1.165) is 30.9 Å². The monoisotopic (exact) mass is 382 g/mol. The minimum atomic E-state index is 0.0635. The van der Waals surface area contributed by atoms with Crippen LogP contribution in [0, 0.1) is 6.92 Å². The maximum Gasteiger partial charge on any atom is 0.221 e. The lowest BCUT2D eigenvalue weighted by molar-refractivity contribution is -0.122. The minimum absolute atomic E-state index is 0.0635. The van der Waals surface area contributed by atoms with Crippen LogP contribution in [0.5, 0.6) is 5.75 Å². The molecule has 0 saturated carbocycles. The average Bonchev–Trinajstić information content (AvgIpc) is 2.69. The van der Waals surface area contributed by atoms with E-state index < -0.39 is 0 Å². The van der Waals surface area contributed by atoms with E-state index in [9.17, 15) is 4.79 Å². The molecular formula is C23H30N2O3. The lowest BCUT2D eigenvalue weighted by atomic mass is 10.1. The number of nitrogens with one attached hydrogen (secondary N) is 2. The highest BCUT2D eigenvalue weighted by molar-refractivity contribution is 5.76. The predicted octanol–water partition coefficient (Wildman–Crippen LogP) is 3.00. The molecular weight excluding hydrogens is 352 g/mol. The van der Waals surface area contributed by atoms with Gasteiger partial charge < -0.3 is 20.1 Å². The van der Waals surface area contributed by atoms with Crippen molar-refractivity contribution in [2.24, 2.45) is 0 Å². The van der Waals surface area contributed by atoms with Crippen molar-refractivity contribution in [1.29, 1.82) is 0 Å². The SMILES string of the molecule is Cc1ccc(COc2ccc(CC(C)NC(=O)CC3COCCN3)cc2)cc1. The Bertz CT molecular complexity index is 737. The highest BCUT2D eigenvalue weighted by Crippen LogP contribution is 2.16. The van der Waals surface area contributed by atoms with Gasteiger partial charge in [-0.15, -0.1) is 0 Å². The smallest absolute Gasteiger partial charge is 0.221 e. The van der Waals surface area contributed by atoms with E-state index in [0.29, 0.717) is 19.6 Å². The van der Waals surface area contributed by atoms with Gasteiger partial charge >= 0.3 is 0 Å². The first kappa shape index (κ1) is 20.4. The molecule has 2 unspecified atom stereocenters. The summed E-state index contributed by atoms with van der Waals surface area (Å²) >= 11 is 0. The number of carbonyl (C=O) groups excluding carboxylic acids is 1. The number of rotatable bonds is 8. The molecule has 1 aliphatic heterocycles. The van der Waals surface area contributed by atoms with Crippen molar-refractivity contribution in [1.82, 2.24) is 10.6 Å². The summed E-state index contributed by atoms with van der Waals surface area (Å²) in [6, 6.07) is 16.6. The molecule has 1 saturated heterocycles. The van der Waals surface area contributed by atoms with E-state index in [1.807, 2.05) is 19.1 Å². The van der Waals surface area contributed by atoms with E-state index in [1.165, 1.54) is 11.1 Å². The van der Waals surface area contributed by atoms with Crippen molar-refractivity contribution in [3.63, 3.8) is 0 Å². The minimum Gasteiger partial charge on any atom is -0.489 e. The number of hydrogen-bond donors (Lipinski definition) is 2. The molecule has 1 amide bonds. The van der Waals surface area contributed by atoms with E-state index in [2.05, 4.69) is 54.0 Å². The summed E-state index contributed by atoms with van der Waals surface area (Å²) in [6.07, 6.45) is 1.24. The molecule has 2 aromatic rings. The Morgan fingerprint density at radius 1 is 1.18 bits per heavy atom. The summed E-state index contributed by atoms with van der Waals surface area (Å²) in [4.78, 5) is 12.2. The predicted molar refractivity (Wildman–Crippen MR) is 110 cm³/mol. The van der Waals surface area contributed by atoms with Crippen LogP contribution in [0.25, 0.3) is 0 Å². The lowest BCUT2D eigenvalue weighted by Crippen LogP contribution is -2.45. The van der Waals surface area contributed by atoms with Crippen LogP contribution in [-0.2, 0) is 22.6 Å². The van der Waals surface area contributed by atoms with Crippen LogP contribution in [-0.4, -0.2) is 37.7 Å². The Kier molecular flexibility index (Phi) is 7.46. The Morgan fingerprint density at radius 2 is 1.89 bits per heavy atom. The zero-order valence-electron chi connectivity index (χ0n) is 16.7. The molecule has 5 heteroatoms. The number of morpholine rings is 1. The Hall–Kier alpha value is -2.37. The molecule has 2 aromatic carbocycles. The first-order valence-electron chi connectivity index (χ1n) is 9.96. The van der Waals surface area contributed by atoms with Crippen LogP contribution in [0.15, 0.2) is 48.5 Å². The fourth-order valence-electron chi connectivity index (χ4n) is 3.29. The lowest BCUT2D eigenvalue weighted by Gasteiger charge is -2.24. The Morgan fingerprint density at radius 3 is 2.57 bits per heavy atom. The summed E-state index contributed by atoms with van der Waals surface area (Å²) < 4.78 is 11.2. The third-order valence-corrected chi connectivity index (χ3v) is 4.83. The normalized spacial score (nSPS) is 17.7. The molecule has 2 atom stereocenters. The molecule has 0 spiro atoms. The first-order chi connectivity index (χ1) is 13.6. The summed E-state index contributed by atoms with van der Waals surface area (Å²) in [5.41, 5.74) is 3.58. The molecule has 0 aliphatic carbocycles. The van der Waals surface area contributed by atoms with Gasteiger partial charge in [0, 0.05) is 25.0 Å². The van der Waals surface area contributed by atoms with Crippen LogP contribution >= 0.6 is 0 Å². The van der Waals surface area contributed by atoms with Crippen LogP contribution in [0.4, 0.5) is 0 Å². The van der Waals surface area contributed by atoms with Gasteiger partial charge in [0.05, 0.1) is 13.2 Å². The quantitative estimate of drug-likeness (QED) is 0.737. The third-order valence-electron chi connectivity index (χ3n) is 4.83. The van der Waals surface area contributed by atoms with Gasteiger partial charge in [-0.05, 0) is 43.5 Å². The average molecular weight is 383 g/mol. The third kappa shape index (κ3) is 6.66. The van der Waals surface area contributed by atoms with E-state index in [1.54, 1.807) is 0 Å². The van der Waals surface area contributed by atoms with Crippen molar-refractivity contribution >= 4 is 5.91 Å². The van der Waals surface area contributed by atoms with Gasteiger partial charge in [0.2, 0.25) is 5.91 Å². The molecule has 1 fully saturated rings. The van der Waals surface area contributed by atoms with Gasteiger partial charge in [-0.1, -0.05) is 42.0 Å². The van der Waals surface area contributed by atoms with Gasteiger partial charge in [0.15, 0.2) is 0 Å². The summed E-state index contributed by atoms with van der Waals surface area (Å²) in [6.45, 7) is 6.81. The van der Waals surface area contributed by atoms with Crippen LogP contribution < -0.4 is 15.4 Å². The van der Waals surface area contributed by atoms with E-state index in [-0.39, 0.29) is 18.0 Å². The van der Waals surface area contributed by atoms with Crippen molar-refractivity contribution in [2.75, 3.05) is 19.8 Å². The largest absolute Gasteiger partial charge is 0.489 e. The summed E-state index contributed by atoms with van der Waals surface area (Å²) in [7, 11) is 0. The Balaban J connectivity index is 1.41. The van der Waals surface area contributed by atoms with Gasteiger partial charge in [0.1, 0.15) is 12.4 Å². The molecule has 0 aromatic heterocycles. The molecule has 0 radical (unpaired) electrons. The molecule has 3 rings (SSSR count). The van der Waals surface area contributed by atoms with Crippen molar-refractivity contribution in [2.45, 2.75) is 45.4 Å². The maximum absolute atomic E-state index is 12.2. The second-order valence-electron chi connectivity index (χ2n) is 7.52. The van der Waals surface area contributed by atoms with Gasteiger partial charge in [0.25, 0.3) is 0 Å². The van der Waals surface area contributed by atoms with Crippen LogP contribution in [0.1, 0.15) is 30.0 Å². The molecule has 1 aliphatic rings. The van der Waals surface area contributed by atoms with Gasteiger partial charge in [-0.3, -0.25) is 4.79 Å². The topological polar surface area (TPSA) is 59.6 Å². The van der Waals surface area contributed by atoms with E-state index in [4.69, 9.17) is 9.47 Å². The highest BCUT2D eigenvalue weighted by Gasteiger charge is 2.18. The highest BCUT2D eigenvalue weighted by atomic mass is 16.5. The second kappa shape index (κ2) is 10.2. The zero-order valence-corrected chi connectivity index (χ0v) is 16.7. The van der Waals surface area contributed by atoms with E-state index >= 15 is 0 Å². The van der Waals surface area contributed by atoms with Crippen molar-refractivity contribution in [3.8, 4) is 5.75 Å². The van der Waals surface area contributed by atoms with Crippen LogP contribution in [0.2, 0.25) is 0 Å².